The van der Waals surface area contributed by atoms with Gasteiger partial charge >= 0.3 is 0 Å². The van der Waals surface area contributed by atoms with Gasteiger partial charge in [0, 0.05) is 0 Å². The van der Waals surface area contributed by atoms with Crippen LogP contribution in [0.2, 0.25) is 0 Å². The lowest BCUT2D eigenvalue weighted by Crippen LogP contribution is -2.33. The summed E-state index contributed by atoms with van der Waals surface area (Å²) < 4.78 is 0. The van der Waals surface area contributed by atoms with E-state index in [1.807, 2.05) is 0 Å². The Kier molecular flexibility index (Phi) is 3.93. The van der Waals surface area contributed by atoms with Gasteiger partial charge in [-0.3, -0.25) is 0 Å². The Bertz CT molecular complexity index is 431. The van der Waals surface area contributed by atoms with E-state index in [1.54, 1.807) is 11.1 Å². The number of hydrogen-bond donors (Lipinski definition) is 1. The molecule has 1 aromatic rings. The lowest BCUT2D eigenvalue weighted by molar-refractivity contribution is 0.226. The summed E-state index contributed by atoms with van der Waals surface area (Å²) in [6.07, 6.45) is 9.69. The molecule has 1 nitrogen and oxygen atoms in total. The molecule has 0 aromatic heterocycles. The maximum Gasteiger partial charge on any atom is -0.00428 e. The summed E-state index contributed by atoms with van der Waals surface area (Å²) in [6, 6.07) is 7.10. The molecule has 1 saturated carbocycles. The van der Waals surface area contributed by atoms with Crippen molar-refractivity contribution < 1.29 is 0 Å². The summed E-state index contributed by atoms with van der Waals surface area (Å²) in [4.78, 5) is 0. The molecule has 3 rings (SSSR count). The van der Waals surface area contributed by atoms with Gasteiger partial charge in [-0.05, 0) is 68.0 Å². The van der Waals surface area contributed by atoms with E-state index in [1.165, 1.54) is 50.5 Å². The molecule has 19 heavy (non-hydrogen) atoms. The van der Waals surface area contributed by atoms with Gasteiger partial charge in [0.25, 0.3) is 0 Å². The van der Waals surface area contributed by atoms with Crippen LogP contribution in [0.1, 0.15) is 61.1 Å². The highest BCUT2D eigenvalue weighted by molar-refractivity contribution is 5.37. The van der Waals surface area contributed by atoms with E-state index in [0.717, 1.165) is 24.3 Å². The van der Waals surface area contributed by atoms with Gasteiger partial charge in [0.05, 0.1) is 0 Å². The zero-order valence-corrected chi connectivity index (χ0v) is 12.2. The molecule has 0 radical (unpaired) electrons. The molecular weight excluding hydrogens is 230 g/mol. The van der Waals surface area contributed by atoms with E-state index in [4.69, 9.17) is 5.73 Å². The summed E-state index contributed by atoms with van der Waals surface area (Å²) >= 11 is 0. The average molecular weight is 257 g/mol. The fourth-order valence-corrected chi connectivity index (χ4v) is 4.42. The van der Waals surface area contributed by atoms with Crippen molar-refractivity contribution in [3.05, 3.63) is 34.9 Å². The Morgan fingerprint density at radius 3 is 2.63 bits per heavy atom. The Balaban J connectivity index is 1.95. The number of rotatable bonds is 2. The molecule has 0 spiro atoms. The Morgan fingerprint density at radius 2 is 1.89 bits per heavy atom. The molecule has 0 bridgehead atoms. The molecule has 0 heterocycles. The predicted octanol–water partition coefficient (Wildman–Crippen LogP) is 4.18. The van der Waals surface area contributed by atoms with Crippen LogP contribution in [-0.2, 0) is 6.42 Å². The Labute approximate surface area is 117 Å². The van der Waals surface area contributed by atoms with Crippen molar-refractivity contribution in [3.8, 4) is 0 Å². The minimum absolute atomic E-state index is 0.720. The third-order valence-corrected chi connectivity index (χ3v) is 5.41. The standard InChI is InChI=1S/C18H27N/c1-13-7-8-14-9-10-16(12-19)18(17(14)11-13)15-5-3-2-4-6-15/h7-8,11,15-16,18H,2-6,9-10,12,19H2,1H3. The number of nitrogens with two attached hydrogens (primary N) is 1. The molecule has 0 saturated heterocycles. The number of benzene rings is 1. The van der Waals surface area contributed by atoms with Crippen molar-refractivity contribution >= 4 is 0 Å². The smallest absolute Gasteiger partial charge is 0.00428 e. The SMILES string of the molecule is Cc1ccc2c(c1)C(C1CCCCC1)C(CN)CC2. The number of aryl methyl sites for hydroxylation is 2. The van der Waals surface area contributed by atoms with E-state index >= 15 is 0 Å². The van der Waals surface area contributed by atoms with E-state index in [9.17, 15) is 0 Å². The zero-order valence-electron chi connectivity index (χ0n) is 12.2. The van der Waals surface area contributed by atoms with Crippen molar-refractivity contribution in [3.63, 3.8) is 0 Å². The van der Waals surface area contributed by atoms with Crippen LogP contribution in [0.25, 0.3) is 0 Å². The lowest BCUT2D eigenvalue weighted by Gasteiger charge is -2.40. The number of fused-ring (bicyclic) bond motifs is 1. The summed E-state index contributed by atoms with van der Waals surface area (Å²) in [5.41, 5.74) is 10.8. The van der Waals surface area contributed by atoms with Crippen molar-refractivity contribution in [1.29, 1.82) is 0 Å². The van der Waals surface area contributed by atoms with Crippen LogP contribution in [0.4, 0.5) is 0 Å². The van der Waals surface area contributed by atoms with Crippen LogP contribution in [-0.4, -0.2) is 6.54 Å². The molecule has 2 unspecified atom stereocenters. The Morgan fingerprint density at radius 1 is 1.11 bits per heavy atom. The second kappa shape index (κ2) is 5.66. The molecule has 2 N–H and O–H groups in total. The minimum Gasteiger partial charge on any atom is -0.330 e. The van der Waals surface area contributed by atoms with Crippen molar-refractivity contribution in [2.24, 2.45) is 17.6 Å². The van der Waals surface area contributed by atoms with Crippen LogP contribution in [0, 0.1) is 18.8 Å². The van der Waals surface area contributed by atoms with Crippen LogP contribution in [0.3, 0.4) is 0 Å². The fourth-order valence-electron chi connectivity index (χ4n) is 4.42. The van der Waals surface area contributed by atoms with E-state index in [-0.39, 0.29) is 0 Å². The van der Waals surface area contributed by atoms with Gasteiger partial charge in [-0.15, -0.1) is 0 Å². The summed E-state index contributed by atoms with van der Waals surface area (Å²) in [7, 11) is 0. The molecule has 2 aliphatic rings. The molecule has 2 aliphatic carbocycles. The van der Waals surface area contributed by atoms with E-state index in [0.29, 0.717) is 0 Å². The molecule has 0 aliphatic heterocycles. The summed E-state index contributed by atoms with van der Waals surface area (Å²) in [5.74, 6) is 2.36. The van der Waals surface area contributed by atoms with Crippen LogP contribution >= 0.6 is 0 Å². The topological polar surface area (TPSA) is 26.0 Å². The molecule has 104 valence electrons. The first-order valence-corrected chi connectivity index (χ1v) is 8.09. The first-order chi connectivity index (χ1) is 9.29. The average Bonchev–Trinajstić information content (AvgIpc) is 2.46. The molecule has 1 aromatic carbocycles. The highest BCUT2D eigenvalue weighted by Crippen LogP contribution is 2.46. The maximum absolute atomic E-state index is 6.10. The van der Waals surface area contributed by atoms with Crippen molar-refractivity contribution in [2.75, 3.05) is 6.54 Å². The normalized spacial score (nSPS) is 28.1. The lowest BCUT2D eigenvalue weighted by atomic mass is 9.65. The Hall–Kier alpha value is -0.820. The first kappa shape index (κ1) is 13.2. The fraction of sp³-hybridized carbons (Fsp3) is 0.667. The molecule has 1 fully saturated rings. The van der Waals surface area contributed by atoms with Crippen molar-refractivity contribution in [2.45, 2.75) is 57.8 Å². The van der Waals surface area contributed by atoms with Crippen LogP contribution < -0.4 is 5.73 Å². The third kappa shape index (κ3) is 2.58. The largest absolute Gasteiger partial charge is 0.330 e. The third-order valence-electron chi connectivity index (χ3n) is 5.41. The minimum atomic E-state index is 0.720. The van der Waals surface area contributed by atoms with E-state index < -0.39 is 0 Å². The summed E-state index contributed by atoms with van der Waals surface area (Å²) in [5, 5.41) is 0. The molecule has 2 atom stereocenters. The molecule has 0 amide bonds. The zero-order chi connectivity index (χ0) is 13.2. The second-order valence-corrected chi connectivity index (χ2v) is 6.66. The number of hydrogen-bond acceptors (Lipinski definition) is 1. The van der Waals surface area contributed by atoms with E-state index in [2.05, 4.69) is 25.1 Å². The monoisotopic (exact) mass is 257 g/mol. The second-order valence-electron chi connectivity index (χ2n) is 6.66. The van der Waals surface area contributed by atoms with Gasteiger partial charge in [0.1, 0.15) is 0 Å². The maximum atomic E-state index is 6.10. The van der Waals surface area contributed by atoms with Crippen molar-refractivity contribution in [1.82, 2.24) is 0 Å². The van der Waals surface area contributed by atoms with Crippen LogP contribution in [0.5, 0.6) is 0 Å². The summed E-state index contributed by atoms with van der Waals surface area (Å²) in [6.45, 7) is 3.10. The van der Waals surface area contributed by atoms with Gasteiger partial charge in [0.2, 0.25) is 0 Å². The van der Waals surface area contributed by atoms with Gasteiger partial charge in [-0.1, -0.05) is 43.0 Å². The van der Waals surface area contributed by atoms with Gasteiger partial charge in [-0.2, -0.15) is 0 Å². The van der Waals surface area contributed by atoms with Gasteiger partial charge in [-0.25, -0.2) is 0 Å². The van der Waals surface area contributed by atoms with Gasteiger partial charge < -0.3 is 5.73 Å². The van der Waals surface area contributed by atoms with Crippen LogP contribution in [0.15, 0.2) is 18.2 Å². The predicted molar refractivity (Wildman–Crippen MR) is 81.4 cm³/mol. The molecule has 1 heteroatoms. The highest BCUT2D eigenvalue weighted by atomic mass is 14.6. The van der Waals surface area contributed by atoms with Gasteiger partial charge in [0.15, 0.2) is 0 Å². The quantitative estimate of drug-likeness (QED) is 0.845. The highest BCUT2D eigenvalue weighted by Gasteiger charge is 2.35. The first-order valence-electron chi connectivity index (χ1n) is 8.09. The molecular formula is C18H27N.